The van der Waals surface area contributed by atoms with Gasteiger partial charge in [0.1, 0.15) is 11.6 Å². The van der Waals surface area contributed by atoms with E-state index in [1.807, 2.05) is 18.2 Å². The fourth-order valence-corrected chi connectivity index (χ4v) is 3.34. The standard InChI is InChI=1S/C14H12Br2F2N2/c15-10-4-9(5-11(16)6-10)14(20-19)3-8-1-12(17)7-13(18)2-8/h1-2,4-7,14,20H,3,19H2. The van der Waals surface area contributed by atoms with E-state index in [0.29, 0.717) is 12.0 Å². The molecule has 3 N–H and O–H groups in total. The Labute approximate surface area is 132 Å². The average Bonchev–Trinajstić information content (AvgIpc) is 2.33. The van der Waals surface area contributed by atoms with E-state index in [-0.39, 0.29) is 6.04 Å². The molecule has 0 fully saturated rings. The van der Waals surface area contributed by atoms with E-state index in [9.17, 15) is 8.78 Å². The highest BCUT2D eigenvalue weighted by Gasteiger charge is 2.13. The highest BCUT2D eigenvalue weighted by atomic mass is 79.9. The van der Waals surface area contributed by atoms with Crippen molar-refractivity contribution in [3.8, 4) is 0 Å². The largest absolute Gasteiger partial charge is 0.271 e. The van der Waals surface area contributed by atoms with E-state index in [0.717, 1.165) is 20.6 Å². The molecule has 0 radical (unpaired) electrons. The molecule has 2 nitrogen and oxygen atoms in total. The first-order chi connectivity index (χ1) is 9.47. The van der Waals surface area contributed by atoms with Gasteiger partial charge in [-0.2, -0.15) is 0 Å². The Morgan fingerprint density at radius 1 is 0.950 bits per heavy atom. The molecule has 20 heavy (non-hydrogen) atoms. The van der Waals surface area contributed by atoms with Gasteiger partial charge >= 0.3 is 0 Å². The van der Waals surface area contributed by atoms with Crippen molar-refractivity contribution in [2.45, 2.75) is 12.5 Å². The van der Waals surface area contributed by atoms with Gasteiger partial charge in [0.05, 0.1) is 6.04 Å². The molecule has 0 heterocycles. The average molecular weight is 406 g/mol. The SMILES string of the molecule is NNC(Cc1cc(F)cc(F)c1)c1cc(Br)cc(Br)c1. The van der Waals surface area contributed by atoms with Gasteiger partial charge in [-0.1, -0.05) is 31.9 Å². The van der Waals surface area contributed by atoms with E-state index in [1.165, 1.54) is 12.1 Å². The number of nitrogens with two attached hydrogens (primary N) is 1. The quantitative estimate of drug-likeness (QED) is 0.589. The van der Waals surface area contributed by atoms with Crippen molar-refractivity contribution in [1.82, 2.24) is 5.43 Å². The summed E-state index contributed by atoms with van der Waals surface area (Å²) in [5, 5.41) is 0. The van der Waals surface area contributed by atoms with Crippen molar-refractivity contribution in [3.63, 3.8) is 0 Å². The zero-order valence-electron chi connectivity index (χ0n) is 10.3. The fraction of sp³-hybridized carbons (Fsp3) is 0.143. The third-order valence-corrected chi connectivity index (χ3v) is 3.77. The maximum absolute atomic E-state index is 13.2. The Hall–Kier alpha value is -0.820. The second-order valence-electron chi connectivity index (χ2n) is 4.40. The van der Waals surface area contributed by atoms with Gasteiger partial charge in [0.15, 0.2) is 0 Å². The van der Waals surface area contributed by atoms with Gasteiger partial charge in [-0.05, 0) is 47.9 Å². The molecule has 0 aliphatic heterocycles. The van der Waals surface area contributed by atoms with Crippen LogP contribution in [0.3, 0.4) is 0 Å². The molecule has 2 rings (SSSR count). The third kappa shape index (κ3) is 4.09. The van der Waals surface area contributed by atoms with Gasteiger partial charge in [-0.25, -0.2) is 8.78 Å². The molecule has 6 heteroatoms. The number of hydrazine groups is 1. The van der Waals surface area contributed by atoms with Crippen LogP contribution in [0.5, 0.6) is 0 Å². The lowest BCUT2D eigenvalue weighted by molar-refractivity contribution is 0.540. The Morgan fingerprint density at radius 3 is 2.00 bits per heavy atom. The molecular weight excluding hydrogens is 394 g/mol. The highest BCUT2D eigenvalue weighted by Crippen LogP contribution is 2.26. The van der Waals surface area contributed by atoms with Crippen LogP contribution in [-0.4, -0.2) is 0 Å². The van der Waals surface area contributed by atoms with E-state index in [1.54, 1.807) is 0 Å². The van der Waals surface area contributed by atoms with Gasteiger partial charge in [0.25, 0.3) is 0 Å². The minimum Gasteiger partial charge on any atom is -0.271 e. The molecule has 0 aliphatic carbocycles. The Kier molecular flexibility index (Phi) is 5.26. The van der Waals surface area contributed by atoms with E-state index >= 15 is 0 Å². The molecule has 0 aromatic heterocycles. The molecule has 0 spiro atoms. The van der Waals surface area contributed by atoms with Crippen molar-refractivity contribution >= 4 is 31.9 Å². The molecule has 2 aromatic rings. The van der Waals surface area contributed by atoms with Crippen LogP contribution in [0.1, 0.15) is 17.2 Å². The number of benzene rings is 2. The lowest BCUT2D eigenvalue weighted by Gasteiger charge is -2.17. The predicted octanol–water partition coefficient (Wildman–Crippen LogP) is 4.24. The molecule has 2 aromatic carbocycles. The molecule has 0 bridgehead atoms. The van der Waals surface area contributed by atoms with Crippen LogP contribution in [-0.2, 0) is 6.42 Å². The normalized spacial score (nSPS) is 12.4. The molecule has 1 unspecified atom stereocenters. The van der Waals surface area contributed by atoms with Crippen LogP contribution in [0.4, 0.5) is 8.78 Å². The Balaban J connectivity index is 2.28. The van der Waals surface area contributed by atoms with Crippen LogP contribution < -0.4 is 11.3 Å². The van der Waals surface area contributed by atoms with Crippen LogP contribution >= 0.6 is 31.9 Å². The zero-order valence-corrected chi connectivity index (χ0v) is 13.5. The lowest BCUT2D eigenvalue weighted by Crippen LogP contribution is -2.29. The number of hydrogen-bond donors (Lipinski definition) is 2. The smallest absolute Gasteiger partial charge is 0.126 e. The van der Waals surface area contributed by atoms with Gasteiger partial charge in [0.2, 0.25) is 0 Å². The van der Waals surface area contributed by atoms with Crippen molar-refractivity contribution in [2.24, 2.45) is 5.84 Å². The minimum atomic E-state index is -0.591. The summed E-state index contributed by atoms with van der Waals surface area (Å²) < 4.78 is 28.2. The summed E-state index contributed by atoms with van der Waals surface area (Å²) in [4.78, 5) is 0. The molecule has 0 aliphatic rings. The molecule has 1 atom stereocenters. The first kappa shape index (κ1) is 15.6. The van der Waals surface area contributed by atoms with Gasteiger partial charge in [-0.15, -0.1) is 0 Å². The maximum Gasteiger partial charge on any atom is 0.126 e. The zero-order chi connectivity index (χ0) is 14.7. The second-order valence-corrected chi connectivity index (χ2v) is 6.24. The lowest BCUT2D eigenvalue weighted by atomic mass is 9.99. The summed E-state index contributed by atoms with van der Waals surface area (Å²) >= 11 is 6.80. The first-order valence-electron chi connectivity index (χ1n) is 5.85. The van der Waals surface area contributed by atoms with Gasteiger partial charge < -0.3 is 0 Å². The molecule has 106 valence electrons. The highest BCUT2D eigenvalue weighted by molar-refractivity contribution is 9.11. The summed E-state index contributed by atoms with van der Waals surface area (Å²) in [5.74, 6) is 4.38. The molecule has 0 saturated carbocycles. The van der Waals surface area contributed by atoms with E-state index < -0.39 is 11.6 Å². The summed E-state index contributed by atoms with van der Waals surface area (Å²) in [6, 6.07) is 8.93. The number of rotatable bonds is 4. The van der Waals surface area contributed by atoms with Crippen LogP contribution in [0, 0.1) is 11.6 Å². The van der Waals surface area contributed by atoms with E-state index in [4.69, 9.17) is 5.84 Å². The molecule has 0 saturated heterocycles. The maximum atomic E-state index is 13.2. The topological polar surface area (TPSA) is 38.0 Å². The van der Waals surface area contributed by atoms with Crippen LogP contribution in [0.15, 0.2) is 45.3 Å². The predicted molar refractivity (Wildman–Crippen MR) is 82.0 cm³/mol. The van der Waals surface area contributed by atoms with Crippen molar-refractivity contribution in [3.05, 3.63) is 68.1 Å². The summed E-state index contributed by atoms with van der Waals surface area (Å²) in [6.07, 6.45) is 0.383. The minimum absolute atomic E-state index is 0.245. The number of nitrogens with one attached hydrogen (secondary N) is 1. The van der Waals surface area contributed by atoms with E-state index in [2.05, 4.69) is 37.3 Å². The number of hydrogen-bond acceptors (Lipinski definition) is 2. The molecule has 0 amide bonds. The monoisotopic (exact) mass is 404 g/mol. The van der Waals surface area contributed by atoms with Crippen molar-refractivity contribution in [2.75, 3.05) is 0 Å². The summed E-state index contributed by atoms with van der Waals surface area (Å²) in [6.45, 7) is 0. The fourth-order valence-electron chi connectivity index (χ4n) is 2.01. The van der Waals surface area contributed by atoms with Crippen molar-refractivity contribution in [1.29, 1.82) is 0 Å². The Bertz CT molecular complexity index is 580. The second kappa shape index (κ2) is 6.76. The Morgan fingerprint density at radius 2 is 1.50 bits per heavy atom. The van der Waals surface area contributed by atoms with Gasteiger partial charge in [0, 0.05) is 15.0 Å². The van der Waals surface area contributed by atoms with Crippen LogP contribution in [0.25, 0.3) is 0 Å². The summed E-state index contributed by atoms with van der Waals surface area (Å²) in [5.41, 5.74) is 4.13. The summed E-state index contributed by atoms with van der Waals surface area (Å²) in [7, 11) is 0. The first-order valence-corrected chi connectivity index (χ1v) is 7.43. The number of halogens is 4. The van der Waals surface area contributed by atoms with Gasteiger partial charge in [-0.3, -0.25) is 11.3 Å². The van der Waals surface area contributed by atoms with Crippen molar-refractivity contribution < 1.29 is 8.78 Å². The van der Waals surface area contributed by atoms with Crippen LogP contribution in [0.2, 0.25) is 0 Å². The third-order valence-electron chi connectivity index (χ3n) is 2.85. The molecular formula is C14H12Br2F2N2.